The van der Waals surface area contributed by atoms with Crippen molar-refractivity contribution < 1.29 is 17.9 Å². The number of para-hydroxylation sites is 1. The number of aromatic amines is 1. The monoisotopic (exact) mass is 525 g/mol. The molecule has 0 aliphatic heterocycles. The SMILES string of the molecule is CN/C(=C(\C=N)c1cc2c(-c3cc(=O)n(C)cc3Oc3c(C)cccc3C)cn(C)c(=O)c2[nH]1)C(F)(F)F. The molecule has 0 aliphatic carbocycles. The molecule has 4 rings (SSSR count). The maximum absolute atomic E-state index is 13.6. The van der Waals surface area contributed by atoms with Crippen LogP contribution >= 0.6 is 0 Å². The summed E-state index contributed by atoms with van der Waals surface area (Å²) >= 11 is 0. The Kier molecular flexibility index (Phi) is 6.79. The van der Waals surface area contributed by atoms with Gasteiger partial charge in [-0.1, -0.05) is 18.2 Å². The number of hydrogen-bond acceptors (Lipinski definition) is 5. The number of ether oxygens (including phenoxy) is 1. The number of H-pyrrole nitrogens is 1. The first-order valence-electron chi connectivity index (χ1n) is 11.5. The Morgan fingerprint density at radius 1 is 1.05 bits per heavy atom. The second kappa shape index (κ2) is 9.73. The normalized spacial score (nSPS) is 12.4. The fraction of sp³-hybridized carbons (Fsp3) is 0.222. The summed E-state index contributed by atoms with van der Waals surface area (Å²) < 4.78 is 49.8. The van der Waals surface area contributed by atoms with E-state index in [1.165, 1.54) is 40.7 Å². The van der Waals surface area contributed by atoms with Crippen LogP contribution in [0.2, 0.25) is 0 Å². The largest absolute Gasteiger partial charge is 0.455 e. The van der Waals surface area contributed by atoms with E-state index in [1.807, 2.05) is 32.0 Å². The Bertz CT molecular complexity index is 1700. The number of nitrogens with one attached hydrogen (secondary N) is 3. The molecule has 0 bridgehead atoms. The van der Waals surface area contributed by atoms with Gasteiger partial charge in [-0.3, -0.25) is 9.59 Å². The van der Waals surface area contributed by atoms with E-state index < -0.39 is 23.0 Å². The Hall–Kier alpha value is -4.54. The van der Waals surface area contributed by atoms with Gasteiger partial charge in [0.25, 0.3) is 11.1 Å². The van der Waals surface area contributed by atoms with Crippen LogP contribution in [-0.2, 0) is 14.1 Å². The zero-order chi connectivity index (χ0) is 27.9. The lowest BCUT2D eigenvalue weighted by Gasteiger charge is -2.17. The second-order valence-electron chi connectivity index (χ2n) is 8.93. The Labute approximate surface area is 215 Å². The first-order valence-corrected chi connectivity index (χ1v) is 11.5. The molecule has 38 heavy (non-hydrogen) atoms. The maximum atomic E-state index is 13.6. The number of rotatable bonds is 6. The van der Waals surface area contributed by atoms with Crippen LogP contribution in [0.4, 0.5) is 13.2 Å². The molecule has 0 fully saturated rings. The smallest absolute Gasteiger partial charge is 0.431 e. The van der Waals surface area contributed by atoms with Gasteiger partial charge in [0.1, 0.15) is 17.0 Å². The van der Waals surface area contributed by atoms with E-state index in [-0.39, 0.29) is 22.2 Å². The van der Waals surface area contributed by atoms with E-state index in [0.29, 0.717) is 28.8 Å². The minimum atomic E-state index is -4.76. The standard InChI is InChI=1S/C27H26F3N5O3/c1-14-7-6-8-15(2)24(14)38-21-13-34(4)22(36)10-16(21)19-12-35(5)26(37)23-17(19)9-20(33-23)18(11-31)25(32-3)27(28,29)30/h6-13,31-33H,1-5H3/b25-18+,31-11?. The predicted octanol–water partition coefficient (Wildman–Crippen LogP) is 4.78. The number of allylic oxidation sites excluding steroid dienone is 2. The van der Waals surface area contributed by atoms with Crippen LogP contribution < -0.4 is 21.2 Å². The van der Waals surface area contributed by atoms with Gasteiger partial charge in [0.2, 0.25) is 0 Å². The molecule has 0 saturated carbocycles. The van der Waals surface area contributed by atoms with Gasteiger partial charge in [0.15, 0.2) is 5.75 Å². The van der Waals surface area contributed by atoms with Gasteiger partial charge in [-0.15, -0.1) is 0 Å². The third kappa shape index (κ3) is 4.62. The van der Waals surface area contributed by atoms with Gasteiger partial charge in [-0.2, -0.15) is 13.2 Å². The number of benzene rings is 1. The van der Waals surface area contributed by atoms with Gasteiger partial charge in [0.05, 0.1) is 11.9 Å². The van der Waals surface area contributed by atoms with Gasteiger partial charge in [-0.05, 0) is 31.0 Å². The third-order valence-electron chi connectivity index (χ3n) is 6.30. The molecule has 0 saturated heterocycles. The number of nitrogens with zero attached hydrogens (tertiary/aromatic N) is 2. The highest BCUT2D eigenvalue weighted by Gasteiger charge is 2.36. The van der Waals surface area contributed by atoms with Gasteiger partial charge in [0, 0.05) is 61.7 Å². The Morgan fingerprint density at radius 2 is 1.71 bits per heavy atom. The van der Waals surface area contributed by atoms with E-state index in [9.17, 15) is 22.8 Å². The number of aromatic nitrogens is 3. The molecule has 4 aromatic rings. The minimum Gasteiger partial charge on any atom is -0.455 e. The van der Waals surface area contributed by atoms with Crippen molar-refractivity contribution in [3.05, 3.63) is 86.0 Å². The van der Waals surface area contributed by atoms with Crippen molar-refractivity contribution in [1.29, 1.82) is 5.41 Å². The van der Waals surface area contributed by atoms with Gasteiger partial charge < -0.3 is 29.6 Å². The van der Waals surface area contributed by atoms with E-state index in [4.69, 9.17) is 10.1 Å². The molecular weight excluding hydrogens is 499 g/mol. The fourth-order valence-electron chi connectivity index (χ4n) is 4.37. The number of hydrogen-bond donors (Lipinski definition) is 3. The topological polar surface area (TPSA) is 105 Å². The van der Waals surface area contributed by atoms with Gasteiger partial charge in [-0.25, -0.2) is 0 Å². The number of alkyl halides is 3. The van der Waals surface area contributed by atoms with Crippen molar-refractivity contribution in [2.45, 2.75) is 20.0 Å². The van der Waals surface area contributed by atoms with Crippen molar-refractivity contribution in [2.24, 2.45) is 14.1 Å². The summed E-state index contributed by atoms with van der Waals surface area (Å²) in [6, 6.07) is 8.40. The van der Waals surface area contributed by atoms with Crippen molar-refractivity contribution >= 4 is 22.7 Å². The van der Waals surface area contributed by atoms with Crippen molar-refractivity contribution in [3.63, 3.8) is 0 Å². The highest BCUT2D eigenvalue weighted by Crippen LogP contribution is 2.38. The molecule has 0 radical (unpaired) electrons. The summed E-state index contributed by atoms with van der Waals surface area (Å²) in [7, 11) is 4.18. The zero-order valence-electron chi connectivity index (χ0n) is 21.4. The molecule has 0 unspecified atom stereocenters. The Morgan fingerprint density at radius 3 is 2.29 bits per heavy atom. The molecule has 1 aromatic carbocycles. The van der Waals surface area contributed by atoms with Crippen LogP contribution in [0.15, 0.2) is 58.0 Å². The summed E-state index contributed by atoms with van der Waals surface area (Å²) in [5.41, 5.74) is -0.0145. The lowest BCUT2D eigenvalue weighted by Crippen LogP contribution is -2.25. The van der Waals surface area contributed by atoms with Crippen LogP contribution in [0.3, 0.4) is 0 Å². The minimum absolute atomic E-state index is 0.0238. The number of aryl methyl sites for hydroxylation is 4. The average Bonchev–Trinajstić information content (AvgIpc) is 3.29. The predicted molar refractivity (Wildman–Crippen MR) is 141 cm³/mol. The number of halogens is 3. The molecule has 198 valence electrons. The molecule has 11 heteroatoms. The quantitative estimate of drug-likeness (QED) is 0.315. The lowest BCUT2D eigenvalue weighted by molar-refractivity contribution is -0.0952. The van der Waals surface area contributed by atoms with E-state index in [2.05, 4.69) is 10.3 Å². The first-order chi connectivity index (χ1) is 17.9. The van der Waals surface area contributed by atoms with Crippen LogP contribution in [-0.4, -0.2) is 33.6 Å². The first kappa shape index (κ1) is 26.5. The van der Waals surface area contributed by atoms with Crippen molar-refractivity contribution in [2.75, 3.05) is 7.05 Å². The number of fused-ring (bicyclic) bond motifs is 1. The van der Waals surface area contributed by atoms with Crippen LogP contribution in [0.5, 0.6) is 11.5 Å². The maximum Gasteiger partial charge on any atom is 0.431 e. The molecule has 3 N–H and O–H groups in total. The summed E-state index contributed by atoms with van der Waals surface area (Å²) in [6.07, 6.45) is -1.16. The molecular formula is C27H26F3N5O3. The molecule has 3 heterocycles. The summed E-state index contributed by atoms with van der Waals surface area (Å²) in [5.74, 6) is 0.919. The molecule has 0 atom stereocenters. The fourth-order valence-corrected chi connectivity index (χ4v) is 4.37. The van der Waals surface area contributed by atoms with Gasteiger partial charge >= 0.3 is 6.18 Å². The van der Waals surface area contributed by atoms with Crippen LogP contribution in [0.25, 0.3) is 27.6 Å². The second-order valence-corrected chi connectivity index (χ2v) is 8.93. The van der Waals surface area contributed by atoms with E-state index in [0.717, 1.165) is 18.2 Å². The van der Waals surface area contributed by atoms with E-state index >= 15 is 0 Å². The summed E-state index contributed by atoms with van der Waals surface area (Å²) in [4.78, 5) is 28.4. The lowest BCUT2D eigenvalue weighted by atomic mass is 10.0. The van der Waals surface area contributed by atoms with Crippen molar-refractivity contribution in [1.82, 2.24) is 19.4 Å². The third-order valence-corrected chi connectivity index (χ3v) is 6.30. The highest BCUT2D eigenvalue weighted by molar-refractivity contribution is 6.11. The van der Waals surface area contributed by atoms with Crippen LogP contribution in [0.1, 0.15) is 16.8 Å². The number of pyridine rings is 2. The highest BCUT2D eigenvalue weighted by atomic mass is 19.4. The zero-order valence-corrected chi connectivity index (χ0v) is 21.4. The molecule has 8 nitrogen and oxygen atoms in total. The Balaban J connectivity index is 2.04. The molecule has 3 aromatic heterocycles. The van der Waals surface area contributed by atoms with Crippen molar-refractivity contribution in [3.8, 4) is 22.6 Å². The molecule has 0 amide bonds. The average molecular weight is 526 g/mol. The van der Waals surface area contributed by atoms with E-state index in [1.54, 1.807) is 7.05 Å². The summed E-state index contributed by atoms with van der Waals surface area (Å²) in [6.45, 7) is 3.77. The molecule has 0 spiro atoms. The molecule has 0 aliphatic rings. The van der Waals surface area contributed by atoms with Crippen LogP contribution in [0, 0.1) is 19.3 Å². The summed E-state index contributed by atoms with van der Waals surface area (Å²) in [5, 5.41) is 10.0.